The number of rotatable bonds is 6. The Hall–Kier alpha value is -3.34. The smallest absolute Gasteiger partial charge is 0.227 e. The third-order valence-electron chi connectivity index (χ3n) is 5.86. The van der Waals surface area contributed by atoms with Gasteiger partial charge in [0.2, 0.25) is 5.91 Å². The fourth-order valence-corrected chi connectivity index (χ4v) is 4.09. The molecule has 1 heterocycles. The first-order valence-electron chi connectivity index (χ1n) is 10.8. The lowest BCUT2D eigenvalue weighted by molar-refractivity contribution is -0.120. The Bertz CT molecular complexity index is 1040. The molecule has 0 bridgehead atoms. The van der Waals surface area contributed by atoms with E-state index in [1.54, 1.807) is 14.2 Å². The summed E-state index contributed by atoms with van der Waals surface area (Å²) in [7, 11) is 3.29. The zero-order valence-electron chi connectivity index (χ0n) is 18.1. The van der Waals surface area contributed by atoms with Crippen molar-refractivity contribution in [3.05, 3.63) is 60.7 Å². The van der Waals surface area contributed by atoms with E-state index in [1.165, 1.54) is 6.42 Å². The van der Waals surface area contributed by atoms with Crippen molar-refractivity contribution in [3.63, 3.8) is 0 Å². The highest BCUT2D eigenvalue weighted by atomic mass is 16.5. The predicted octanol–water partition coefficient (Wildman–Crippen LogP) is 5.95. The van der Waals surface area contributed by atoms with Crippen molar-refractivity contribution in [2.75, 3.05) is 19.5 Å². The van der Waals surface area contributed by atoms with Crippen LogP contribution >= 0.6 is 0 Å². The molecule has 0 atom stereocenters. The number of carbonyl (C=O) groups excluding carboxylic acids is 1. The molecule has 0 spiro atoms. The third-order valence-corrected chi connectivity index (χ3v) is 5.86. The lowest BCUT2D eigenvalue weighted by Crippen LogP contribution is -2.24. The highest BCUT2D eigenvalue weighted by Crippen LogP contribution is 2.33. The Morgan fingerprint density at radius 3 is 2.35 bits per heavy atom. The van der Waals surface area contributed by atoms with E-state index in [0.717, 1.165) is 65.4 Å². The molecule has 0 saturated heterocycles. The lowest BCUT2D eigenvalue weighted by Gasteiger charge is -2.20. The Balaban J connectivity index is 1.54. The zero-order valence-corrected chi connectivity index (χ0v) is 18.1. The van der Waals surface area contributed by atoms with Gasteiger partial charge < -0.3 is 14.8 Å². The fraction of sp³-hybridized carbons (Fsp3) is 0.308. The Kier molecular flexibility index (Phi) is 6.51. The average molecular weight is 417 g/mol. The van der Waals surface area contributed by atoms with E-state index in [9.17, 15) is 4.79 Å². The number of nitrogens with zero attached hydrogens (tertiary/aromatic N) is 1. The van der Waals surface area contributed by atoms with Crippen molar-refractivity contribution >= 4 is 11.6 Å². The van der Waals surface area contributed by atoms with Gasteiger partial charge in [0.15, 0.2) is 0 Å². The lowest BCUT2D eigenvalue weighted by atomic mass is 9.88. The maximum absolute atomic E-state index is 12.5. The summed E-state index contributed by atoms with van der Waals surface area (Å²) in [6.07, 6.45) is 5.53. The molecule has 1 N–H and O–H groups in total. The molecular weight excluding hydrogens is 388 g/mol. The van der Waals surface area contributed by atoms with Gasteiger partial charge in [-0.05, 0) is 55.3 Å². The summed E-state index contributed by atoms with van der Waals surface area (Å²) in [5.74, 6) is 1.77. The van der Waals surface area contributed by atoms with Crippen LogP contribution in [0.3, 0.4) is 0 Å². The SMILES string of the molecule is COc1ccc(OC)c(-c2cccc(-c3ccc(NC(=O)C4CCCCC4)cc3)n2)c1. The van der Waals surface area contributed by atoms with Crippen LogP contribution in [0.2, 0.25) is 0 Å². The van der Waals surface area contributed by atoms with Gasteiger partial charge in [0.25, 0.3) is 0 Å². The molecule has 0 aliphatic heterocycles. The summed E-state index contributed by atoms with van der Waals surface area (Å²) >= 11 is 0. The maximum atomic E-state index is 12.5. The van der Waals surface area contributed by atoms with Crippen LogP contribution in [-0.2, 0) is 4.79 Å². The van der Waals surface area contributed by atoms with Crippen LogP contribution in [0.4, 0.5) is 5.69 Å². The number of hydrogen-bond acceptors (Lipinski definition) is 4. The predicted molar refractivity (Wildman–Crippen MR) is 123 cm³/mol. The number of aromatic nitrogens is 1. The molecule has 5 nitrogen and oxygen atoms in total. The summed E-state index contributed by atoms with van der Waals surface area (Å²) in [5, 5.41) is 3.07. The topological polar surface area (TPSA) is 60.5 Å². The van der Waals surface area contributed by atoms with Crippen LogP contribution in [-0.4, -0.2) is 25.1 Å². The van der Waals surface area contributed by atoms with Crippen molar-refractivity contribution in [2.24, 2.45) is 5.92 Å². The van der Waals surface area contributed by atoms with Gasteiger partial charge in [0.05, 0.1) is 25.6 Å². The van der Waals surface area contributed by atoms with Crippen LogP contribution < -0.4 is 14.8 Å². The van der Waals surface area contributed by atoms with Crippen LogP contribution in [0.1, 0.15) is 32.1 Å². The minimum atomic E-state index is 0.137. The molecule has 0 unspecified atom stereocenters. The van der Waals surface area contributed by atoms with Gasteiger partial charge in [-0.25, -0.2) is 4.98 Å². The zero-order chi connectivity index (χ0) is 21.6. The molecular formula is C26H28N2O3. The van der Waals surface area contributed by atoms with E-state index in [4.69, 9.17) is 14.5 Å². The second-order valence-corrected chi connectivity index (χ2v) is 7.88. The van der Waals surface area contributed by atoms with Gasteiger partial charge in [-0.1, -0.05) is 37.5 Å². The number of nitrogens with one attached hydrogen (secondary N) is 1. The summed E-state index contributed by atoms with van der Waals surface area (Å²) in [5.41, 5.74) is 4.35. The first kappa shape index (κ1) is 20.9. The number of amides is 1. The fourth-order valence-electron chi connectivity index (χ4n) is 4.09. The van der Waals surface area contributed by atoms with Gasteiger partial charge in [0, 0.05) is 22.7 Å². The third kappa shape index (κ3) is 4.88. The van der Waals surface area contributed by atoms with Crippen molar-refractivity contribution in [2.45, 2.75) is 32.1 Å². The molecule has 1 aliphatic carbocycles. The second kappa shape index (κ2) is 9.65. The molecule has 1 fully saturated rings. The van der Waals surface area contributed by atoms with Gasteiger partial charge in [-0.15, -0.1) is 0 Å². The Labute approximate surface area is 183 Å². The molecule has 1 amide bonds. The Morgan fingerprint density at radius 1 is 0.903 bits per heavy atom. The number of anilines is 1. The van der Waals surface area contributed by atoms with Crippen LogP contribution in [0.25, 0.3) is 22.5 Å². The van der Waals surface area contributed by atoms with Crippen molar-refractivity contribution in [1.29, 1.82) is 0 Å². The molecule has 1 aromatic heterocycles. The molecule has 1 saturated carbocycles. The number of ether oxygens (including phenoxy) is 2. The van der Waals surface area contributed by atoms with Gasteiger partial charge in [-0.3, -0.25) is 4.79 Å². The van der Waals surface area contributed by atoms with Crippen molar-refractivity contribution < 1.29 is 14.3 Å². The van der Waals surface area contributed by atoms with Gasteiger partial charge in [-0.2, -0.15) is 0 Å². The molecule has 2 aromatic carbocycles. The highest BCUT2D eigenvalue weighted by molar-refractivity contribution is 5.92. The van der Waals surface area contributed by atoms with Crippen molar-refractivity contribution in [1.82, 2.24) is 4.98 Å². The molecule has 160 valence electrons. The minimum Gasteiger partial charge on any atom is -0.497 e. The number of hydrogen-bond donors (Lipinski definition) is 1. The number of benzene rings is 2. The summed E-state index contributed by atoms with van der Waals surface area (Å²) in [6, 6.07) is 19.5. The number of pyridine rings is 1. The van der Waals surface area contributed by atoms with E-state index < -0.39 is 0 Å². The summed E-state index contributed by atoms with van der Waals surface area (Å²) in [4.78, 5) is 17.3. The average Bonchev–Trinajstić information content (AvgIpc) is 2.84. The molecule has 3 aromatic rings. The molecule has 0 radical (unpaired) electrons. The molecule has 1 aliphatic rings. The number of methoxy groups -OCH3 is 2. The van der Waals surface area contributed by atoms with Gasteiger partial charge in [0.1, 0.15) is 11.5 Å². The van der Waals surface area contributed by atoms with E-state index in [1.807, 2.05) is 60.7 Å². The van der Waals surface area contributed by atoms with Crippen LogP contribution in [0, 0.1) is 5.92 Å². The first-order chi connectivity index (χ1) is 15.2. The second-order valence-electron chi connectivity index (χ2n) is 7.88. The molecule has 31 heavy (non-hydrogen) atoms. The Morgan fingerprint density at radius 2 is 1.65 bits per heavy atom. The largest absolute Gasteiger partial charge is 0.497 e. The summed E-state index contributed by atoms with van der Waals surface area (Å²) in [6.45, 7) is 0. The van der Waals surface area contributed by atoms with Crippen molar-refractivity contribution in [3.8, 4) is 34.0 Å². The molecule has 5 heteroatoms. The number of carbonyl (C=O) groups is 1. The monoisotopic (exact) mass is 416 g/mol. The standard InChI is InChI=1S/C26H28N2O3/c1-30-21-15-16-25(31-2)22(17-21)24-10-6-9-23(28-24)18-11-13-20(14-12-18)27-26(29)19-7-4-3-5-8-19/h6,9-17,19H,3-5,7-8H2,1-2H3,(H,27,29). The van der Waals surface area contributed by atoms with E-state index in [2.05, 4.69) is 5.32 Å². The van der Waals surface area contributed by atoms with E-state index in [0.29, 0.717) is 0 Å². The maximum Gasteiger partial charge on any atom is 0.227 e. The quantitative estimate of drug-likeness (QED) is 0.539. The van der Waals surface area contributed by atoms with Crippen LogP contribution in [0.5, 0.6) is 11.5 Å². The van der Waals surface area contributed by atoms with E-state index >= 15 is 0 Å². The summed E-state index contributed by atoms with van der Waals surface area (Å²) < 4.78 is 10.9. The van der Waals surface area contributed by atoms with Gasteiger partial charge >= 0.3 is 0 Å². The normalized spacial score (nSPS) is 14.1. The van der Waals surface area contributed by atoms with E-state index in [-0.39, 0.29) is 11.8 Å². The highest BCUT2D eigenvalue weighted by Gasteiger charge is 2.21. The first-order valence-corrected chi connectivity index (χ1v) is 10.8. The molecule has 4 rings (SSSR count). The minimum absolute atomic E-state index is 0.137. The van der Waals surface area contributed by atoms with Crippen LogP contribution in [0.15, 0.2) is 60.7 Å².